The van der Waals surface area contributed by atoms with Crippen molar-refractivity contribution in [3.63, 3.8) is 0 Å². The van der Waals surface area contributed by atoms with Crippen molar-refractivity contribution in [1.29, 1.82) is 0 Å². The lowest BCUT2D eigenvalue weighted by atomic mass is 10.0. The molecule has 0 aliphatic carbocycles. The quantitative estimate of drug-likeness (QED) is 0.289. The molecule has 0 fully saturated rings. The first kappa shape index (κ1) is 18.2. The summed E-state index contributed by atoms with van der Waals surface area (Å²) in [5.41, 5.74) is 7.81. The molecule has 4 heteroatoms. The van der Waals surface area contributed by atoms with Crippen molar-refractivity contribution < 1.29 is 4.42 Å². The normalized spacial score (nSPS) is 11.8. The summed E-state index contributed by atoms with van der Waals surface area (Å²) in [6.07, 6.45) is 1.87. The molecule has 0 saturated heterocycles. The number of para-hydroxylation sites is 3. The number of furan rings is 1. The van der Waals surface area contributed by atoms with Crippen molar-refractivity contribution in [2.45, 2.75) is 6.92 Å². The second-order valence-electron chi connectivity index (χ2n) is 8.35. The fourth-order valence-corrected chi connectivity index (χ4v) is 4.88. The maximum atomic E-state index is 6.42. The number of aryl methyl sites for hydroxylation is 1. The summed E-state index contributed by atoms with van der Waals surface area (Å²) in [5.74, 6) is 0.846. The first-order valence-electron chi connectivity index (χ1n) is 11.0. The van der Waals surface area contributed by atoms with Crippen LogP contribution in [0.5, 0.6) is 0 Å². The van der Waals surface area contributed by atoms with E-state index in [9.17, 15) is 0 Å². The Hall–Kier alpha value is -4.44. The van der Waals surface area contributed by atoms with Crippen LogP contribution in [0.2, 0.25) is 0 Å². The molecule has 4 nitrogen and oxygen atoms in total. The lowest BCUT2D eigenvalue weighted by molar-refractivity contribution is 0.669. The number of rotatable bonds is 2. The van der Waals surface area contributed by atoms with Crippen molar-refractivity contribution in [2.75, 3.05) is 0 Å². The van der Waals surface area contributed by atoms with E-state index >= 15 is 0 Å². The van der Waals surface area contributed by atoms with Gasteiger partial charge in [0.15, 0.2) is 0 Å². The van der Waals surface area contributed by atoms with E-state index in [1.165, 1.54) is 5.56 Å². The van der Waals surface area contributed by atoms with Crippen LogP contribution in [0, 0.1) is 6.92 Å². The SMILES string of the molecule is Cc1ccc(-c2nc3cnc4ccccc4c3n2-c2ccccc2)c2oc3ccccc3c12. The van der Waals surface area contributed by atoms with E-state index in [0.29, 0.717) is 0 Å². The van der Waals surface area contributed by atoms with Crippen LogP contribution in [0.25, 0.3) is 61.0 Å². The van der Waals surface area contributed by atoms with Gasteiger partial charge in [-0.1, -0.05) is 60.7 Å². The fraction of sp³-hybridized carbons (Fsp3) is 0.0345. The fourth-order valence-electron chi connectivity index (χ4n) is 4.88. The van der Waals surface area contributed by atoms with Crippen LogP contribution in [0.15, 0.2) is 102 Å². The van der Waals surface area contributed by atoms with Crippen LogP contribution in [-0.2, 0) is 0 Å². The minimum Gasteiger partial charge on any atom is -0.455 e. The Morgan fingerprint density at radius 1 is 0.727 bits per heavy atom. The standard InChI is InChI=1S/C29H19N3O/c1-18-15-16-22(28-26(18)21-12-6-8-14-25(21)33-28)29-31-24-17-30-23-13-7-5-11-20(23)27(24)32(29)19-9-3-2-4-10-19/h2-17H,1H3. The van der Waals surface area contributed by atoms with Crippen LogP contribution >= 0.6 is 0 Å². The molecule has 0 radical (unpaired) electrons. The largest absolute Gasteiger partial charge is 0.455 e. The van der Waals surface area contributed by atoms with Crippen molar-refractivity contribution >= 4 is 43.9 Å². The third kappa shape index (κ3) is 2.58. The number of aromatic nitrogens is 3. The number of hydrogen-bond acceptors (Lipinski definition) is 3. The van der Waals surface area contributed by atoms with Gasteiger partial charge in [-0.2, -0.15) is 0 Å². The number of imidazole rings is 1. The number of fused-ring (bicyclic) bond motifs is 6. The summed E-state index contributed by atoms with van der Waals surface area (Å²) >= 11 is 0. The maximum Gasteiger partial charge on any atom is 0.149 e. The Labute approximate surface area is 189 Å². The number of pyridine rings is 1. The van der Waals surface area contributed by atoms with Gasteiger partial charge in [0.2, 0.25) is 0 Å². The highest BCUT2D eigenvalue weighted by Gasteiger charge is 2.21. The summed E-state index contributed by atoms with van der Waals surface area (Å²) in [6, 6.07) is 31.1. The second-order valence-corrected chi connectivity index (χ2v) is 8.35. The van der Waals surface area contributed by atoms with Gasteiger partial charge in [-0.15, -0.1) is 0 Å². The molecule has 7 rings (SSSR count). The zero-order chi connectivity index (χ0) is 21.9. The summed E-state index contributed by atoms with van der Waals surface area (Å²) < 4.78 is 8.66. The molecule has 0 saturated carbocycles. The summed E-state index contributed by atoms with van der Waals surface area (Å²) in [7, 11) is 0. The van der Waals surface area contributed by atoms with E-state index in [2.05, 4.69) is 77.1 Å². The summed E-state index contributed by atoms with van der Waals surface area (Å²) in [6.45, 7) is 2.13. The van der Waals surface area contributed by atoms with E-state index in [4.69, 9.17) is 9.40 Å². The molecule has 3 heterocycles. The molecule has 0 aliphatic heterocycles. The molecule has 0 unspecified atom stereocenters. The smallest absolute Gasteiger partial charge is 0.149 e. The Bertz CT molecular complexity index is 1830. The van der Waals surface area contributed by atoms with Gasteiger partial charge in [0, 0.05) is 21.8 Å². The van der Waals surface area contributed by atoms with Crippen LogP contribution in [0.4, 0.5) is 0 Å². The van der Waals surface area contributed by atoms with E-state index in [-0.39, 0.29) is 0 Å². The molecule has 4 aromatic carbocycles. The molecule has 156 valence electrons. The lowest BCUT2D eigenvalue weighted by Gasteiger charge is -2.11. The zero-order valence-corrected chi connectivity index (χ0v) is 18.0. The predicted molar refractivity (Wildman–Crippen MR) is 134 cm³/mol. The van der Waals surface area contributed by atoms with Crippen LogP contribution in [0.1, 0.15) is 5.56 Å². The Morgan fingerprint density at radius 2 is 1.48 bits per heavy atom. The van der Waals surface area contributed by atoms with Gasteiger partial charge in [0.25, 0.3) is 0 Å². The number of hydrogen-bond donors (Lipinski definition) is 0. The average Bonchev–Trinajstić information content (AvgIpc) is 3.44. The second kappa shape index (κ2) is 6.78. The van der Waals surface area contributed by atoms with E-state index < -0.39 is 0 Å². The molecule has 33 heavy (non-hydrogen) atoms. The molecule has 0 spiro atoms. The highest BCUT2D eigenvalue weighted by Crippen LogP contribution is 2.40. The molecule has 0 amide bonds. The Balaban J connectivity index is 1.67. The third-order valence-corrected chi connectivity index (χ3v) is 6.38. The average molecular weight is 425 g/mol. The zero-order valence-electron chi connectivity index (χ0n) is 18.0. The van der Waals surface area contributed by atoms with Crippen LogP contribution in [0.3, 0.4) is 0 Å². The van der Waals surface area contributed by atoms with Crippen LogP contribution < -0.4 is 0 Å². The molecule has 0 atom stereocenters. The summed E-state index contributed by atoms with van der Waals surface area (Å²) in [5, 5.41) is 3.34. The molecule has 7 aromatic rings. The Kier molecular flexibility index (Phi) is 3.73. The first-order valence-corrected chi connectivity index (χ1v) is 11.0. The molecule has 0 aliphatic rings. The maximum absolute atomic E-state index is 6.42. The first-order chi connectivity index (χ1) is 16.3. The number of nitrogens with zero attached hydrogens (tertiary/aromatic N) is 3. The highest BCUT2D eigenvalue weighted by atomic mass is 16.3. The molecule has 3 aromatic heterocycles. The van der Waals surface area contributed by atoms with Gasteiger partial charge in [-0.3, -0.25) is 9.55 Å². The Morgan fingerprint density at radius 3 is 2.36 bits per heavy atom. The lowest BCUT2D eigenvalue weighted by Crippen LogP contribution is -1.98. The predicted octanol–water partition coefficient (Wildman–Crippen LogP) is 7.45. The topological polar surface area (TPSA) is 43.9 Å². The van der Waals surface area contributed by atoms with Crippen molar-refractivity contribution in [3.8, 4) is 17.1 Å². The minimum absolute atomic E-state index is 0.846. The van der Waals surface area contributed by atoms with Gasteiger partial charge in [0.1, 0.15) is 22.5 Å². The van der Waals surface area contributed by atoms with Crippen molar-refractivity contribution in [3.05, 3.63) is 103 Å². The van der Waals surface area contributed by atoms with Gasteiger partial charge >= 0.3 is 0 Å². The monoisotopic (exact) mass is 425 g/mol. The minimum atomic E-state index is 0.846. The van der Waals surface area contributed by atoms with Crippen molar-refractivity contribution in [1.82, 2.24) is 14.5 Å². The van der Waals surface area contributed by atoms with Gasteiger partial charge in [-0.05, 0) is 42.8 Å². The highest BCUT2D eigenvalue weighted by molar-refractivity contribution is 6.12. The van der Waals surface area contributed by atoms with Crippen molar-refractivity contribution in [2.24, 2.45) is 0 Å². The third-order valence-electron chi connectivity index (χ3n) is 6.38. The van der Waals surface area contributed by atoms with Gasteiger partial charge < -0.3 is 4.42 Å². The van der Waals surface area contributed by atoms with Crippen LogP contribution in [-0.4, -0.2) is 14.5 Å². The van der Waals surface area contributed by atoms with Gasteiger partial charge in [-0.25, -0.2) is 4.98 Å². The van der Waals surface area contributed by atoms with E-state index in [1.807, 2.05) is 36.5 Å². The van der Waals surface area contributed by atoms with E-state index in [1.54, 1.807) is 0 Å². The molecule has 0 bridgehead atoms. The summed E-state index contributed by atoms with van der Waals surface area (Å²) in [4.78, 5) is 9.76. The molecule has 0 N–H and O–H groups in total. The van der Waals surface area contributed by atoms with Gasteiger partial charge in [0.05, 0.1) is 22.8 Å². The van der Waals surface area contributed by atoms with E-state index in [0.717, 1.165) is 61.0 Å². The molecular weight excluding hydrogens is 406 g/mol. The number of benzene rings is 4. The molecular formula is C29H19N3O.